The second-order valence-electron chi connectivity index (χ2n) is 4.93. The van der Waals surface area contributed by atoms with E-state index in [1.54, 1.807) is 11.3 Å². The van der Waals surface area contributed by atoms with Gasteiger partial charge in [0.2, 0.25) is 0 Å². The average molecular weight is 273 g/mol. The van der Waals surface area contributed by atoms with Crippen molar-refractivity contribution >= 4 is 11.3 Å². The summed E-state index contributed by atoms with van der Waals surface area (Å²) in [7, 11) is 0. The predicted octanol–water partition coefficient (Wildman–Crippen LogP) is 3.99. The van der Waals surface area contributed by atoms with Crippen molar-refractivity contribution in [3.8, 4) is 5.75 Å². The molecule has 1 aromatic heterocycles. The Morgan fingerprint density at radius 3 is 2.58 bits per heavy atom. The summed E-state index contributed by atoms with van der Waals surface area (Å²) in [4.78, 5) is 0. The normalized spacial score (nSPS) is 16.3. The van der Waals surface area contributed by atoms with Crippen molar-refractivity contribution in [2.75, 3.05) is 6.54 Å². The van der Waals surface area contributed by atoms with Gasteiger partial charge in [-0.3, -0.25) is 0 Å². The highest BCUT2D eigenvalue weighted by molar-refractivity contribution is 7.08. The first-order valence-corrected chi connectivity index (χ1v) is 7.83. The fourth-order valence-electron chi connectivity index (χ4n) is 2.19. The van der Waals surface area contributed by atoms with E-state index in [-0.39, 0.29) is 6.04 Å². The molecule has 0 radical (unpaired) electrons. The molecule has 1 saturated carbocycles. The smallest absolute Gasteiger partial charge is 0.119 e. The molecule has 1 heterocycles. The van der Waals surface area contributed by atoms with Gasteiger partial charge in [0, 0.05) is 0 Å². The lowest BCUT2D eigenvalue weighted by Crippen LogP contribution is -2.21. The topological polar surface area (TPSA) is 21.3 Å². The van der Waals surface area contributed by atoms with Gasteiger partial charge in [-0.25, -0.2) is 0 Å². The van der Waals surface area contributed by atoms with Gasteiger partial charge >= 0.3 is 0 Å². The van der Waals surface area contributed by atoms with Crippen LogP contribution in [-0.2, 0) is 0 Å². The van der Waals surface area contributed by atoms with Crippen LogP contribution in [-0.4, -0.2) is 12.6 Å². The van der Waals surface area contributed by atoms with Gasteiger partial charge in [-0.1, -0.05) is 19.1 Å². The molecule has 2 aromatic rings. The Morgan fingerprint density at radius 1 is 1.21 bits per heavy atom. The highest BCUT2D eigenvalue weighted by Crippen LogP contribution is 2.29. The van der Waals surface area contributed by atoms with Gasteiger partial charge < -0.3 is 10.1 Å². The SMILES string of the molecule is CCNC(c1ccc(OC2CC2)cc1)c1ccsc1. The molecule has 19 heavy (non-hydrogen) atoms. The monoisotopic (exact) mass is 273 g/mol. The van der Waals surface area contributed by atoms with Gasteiger partial charge in [0.1, 0.15) is 5.75 Å². The molecule has 0 amide bonds. The molecular weight excluding hydrogens is 254 g/mol. The summed E-state index contributed by atoms with van der Waals surface area (Å²) in [5, 5.41) is 7.88. The minimum absolute atomic E-state index is 0.284. The minimum Gasteiger partial charge on any atom is -0.490 e. The summed E-state index contributed by atoms with van der Waals surface area (Å²) in [6.45, 7) is 3.10. The summed E-state index contributed by atoms with van der Waals surface area (Å²) in [6.07, 6.45) is 2.88. The maximum Gasteiger partial charge on any atom is 0.119 e. The molecule has 1 unspecified atom stereocenters. The van der Waals surface area contributed by atoms with E-state index < -0.39 is 0 Å². The first kappa shape index (κ1) is 12.7. The standard InChI is InChI=1S/C16H19NOS/c1-2-17-16(13-9-10-19-11-13)12-3-5-14(6-4-12)18-15-7-8-15/h3-6,9-11,15-17H,2,7-8H2,1H3. The second kappa shape index (κ2) is 5.76. The molecule has 1 aromatic carbocycles. The van der Waals surface area contributed by atoms with Crippen LogP contribution in [0.4, 0.5) is 0 Å². The minimum atomic E-state index is 0.284. The van der Waals surface area contributed by atoms with Crippen LogP contribution < -0.4 is 10.1 Å². The number of ether oxygens (including phenoxy) is 1. The fraction of sp³-hybridized carbons (Fsp3) is 0.375. The predicted molar refractivity (Wildman–Crippen MR) is 79.9 cm³/mol. The van der Waals surface area contributed by atoms with Crippen molar-refractivity contribution in [1.29, 1.82) is 0 Å². The molecule has 1 fully saturated rings. The second-order valence-corrected chi connectivity index (χ2v) is 5.71. The molecule has 0 saturated heterocycles. The van der Waals surface area contributed by atoms with E-state index >= 15 is 0 Å². The molecule has 3 heteroatoms. The number of benzene rings is 1. The quantitative estimate of drug-likeness (QED) is 0.859. The molecule has 0 bridgehead atoms. The van der Waals surface area contributed by atoms with E-state index in [0.29, 0.717) is 6.10 Å². The lowest BCUT2D eigenvalue weighted by molar-refractivity contribution is 0.303. The Kier molecular flexibility index (Phi) is 3.85. The molecule has 1 N–H and O–H groups in total. The average Bonchev–Trinajstić information content (AvgIpc) is 3.08. The molecular formula is C16H19NOS. The van der Waals surface area contributed by atoms with Crippen LogP contribution >= 0.6 is 11.3 Å². The third-order valence-corrected chi connectivity index (χ3v) is 4.03. The summed E-state index contributed by atoms with van der Waals surface area (Å²) in [6, 6.07) is 11.0. The van der Waals surface area contributed by atoms with Crippen molar-refractivity contribution in [2.24, 2.45) is 0 Å². The Morgan fingerprint density at radius 2 is 2.00 bits per heavy atom. The first-order chi connectivity index (χ1) is 9.36. The van der Waals surface area contributed by atoms with Gasteiger partial charge in [0.15, 0.2) is 0 Å². The highest BCUT2D eigenvalue weighted by atomic mass is 32.1. The lowest BCUT2D eigenvalue weighted by Gasteiger charge is -2.18. The van der Waals surface area contributed by atoms with Crippen LogP contribution in [0.3, 0.4) is 0 Å². The van der Waals surface area contributed by atoms with Crippen molar-refractivity contribution in [3.63, 3.8) is 0 Å². The van der Waals surface area contributed by atoms with Crippen molar-refractivity contribution < 1.29 is 4.74 Å². The molecule has 0 spiro atoms. The van der Waals surface area contributed by atoms with E-state index in [1.807, 2.05) is 0 Å². The molecule has 1 atom stereocenters. The number of nitrogens with one attached hydrogen (secondary N) is 1. The van der Waals surface area contributed by atoms with Crippen molar-refractivity contribution in [1.82, 2.24) is 5.32 Å². The lowest BCUT2D eigenvalue weighted by atomic mass is 10.0. The van der Waals surface area contributed by atoms with Gasteiger partial charge in [-0.05, 0) is 59.5 Å². The van der Waals surface area contributed by atoms with E-state index in [1.165, 1.54) is 24.0 Å². The van der Waals surface area contributed by atoms with Crippen LogP contribution in [0.1, 0.15) is 36.9 Å². The summed E-state index contributed by atoms with van der Waals surface area (Å²) < 4.78 is 5.79. The maximum absolute atomic E-state index is 5.79. The molecule has 1 aliphatic rings. The fourth-order valence-corrected chi connectivity index (χ4v) is 2.87. The zero-order chi connectivity index (χ0) is 13.1. The van der Waals surface area contributed by atoms with Crippen LogP contribution in [0.25, 0.3) is 0 Å². The van der Waals surface area contributed by atoms with Gasteiger partial charge in [0.25, 0.3) is 0 Å². The Balaban J connectivity index is 1.77. The molecule has 1 aliphatic carbocycles. The Bertz CT molecular complexity index is 502. The van der Waals surface area contributed by atoms with Crippen LogP contribution in [0, 0.1) is 0 Å². The first-order valence-electron chi connectivity index (χ1n) is 6.89. The maximum atomic E-state index is 5.79. The van der Waals surface area contributed by atoms with Crippen LogP contribution in [0.5, 0.6) is 5.75 Å². The van der Waals surface area contributed by atoms with Crippen molar-refractivity contribution in [2.45, 2.75) is 31.9 Å². The Hall–Kier alpha value is -1.32. The van der Waals surface area contributed by atoms with Gasteiger partial charge in [-0.15, -0.1) is 0 Å². The summed E-state index contributed by atoms with van der Waals surface area (Å²) >= 11 is 1.74. The van der Waals surface area contributed by atoms with E-state index in [9.17, 15) is 0 Å². The van der Waals surface area contributed by atoms with Crippen LogP contribution in [0.2, 0.25) is 0 Å². The van der Waals surface area contributed by atoms with Gasteiger partial charge in [-0.2, -0.15) is 11.3 Å². The molecule has 0 aliphatic heterocycles. The molecule has 3 rings (SSSR count). The van der Waals surface area contributed by atoms with Crippen LogP contribution in [0.15, 0.2) is 41.1 Å². The number of thiophene rings is 1. The zero-order valence-corrected chi connectivity index (χ0v) is 12.0. The van der Waals surface area contributed by atoms with Gasteiger partial charge in [0.05, 0.1) is 12.1 Å². The third kappa shape index (κ3) is 3.17. The Labute approximate surface area is 118 Å². The van der Waals surface area contributed by atoms with E-state index in [0.717, 1.165) is 12.3 Å². The zero-order valence-electron chi connectivity index (χ0n) is 11.1. The summed E-state index contributed by atoms with van der Waals surface area (Å²) in [5.41, 5.74) is 2.63. The largest absolute Gasteiger partial charge is 0.490 e. The van der Waals surface area contributed by atoms with E-state index in [4.69, 9.17) is 4.74 Å². The third-order valence-electron chi connectivity index (χ3n) is 3.33. The number of rotatable bonds is 6. The highest BCUT2D eigenvalue weighted by Gasteiger charge is 2.23. The van der Waals surface area contributed by atoms with Crippen molar-refractivity contribution in [3.05, 3.63) is 52.2 Å². The summed E-state index contributed by atoms with van der Waals surface area (Å²) in [5.74, 6) is 0.992. The number of hydrogen-bond acceptors (Lipinski definition) is 3. The van der Waals surface area contributed by atoms with E-state index in [2.05, 4.69) is 53.3 Å². The molecule has 100 valence electrons. The molecule has 2 nitrogen and oxygen atoms in total. The number of hydrogen-bond donors (Lipinski definition) is 1.